The van der Waals surface area contributed by atoms with Crippen molar-refractivity contribution in [2.45, 2.75) is 26.2 Å². The number of carbonyl (C=O) groups is 1. The van der Waals surface area contributed by atoms with E-state index < -0.39 is 27.6 Å². The zero-order valence-corrected chi connectivity index (χ0v) is 17.0. The quantitative estimate of drug-likeness (QED) is 0.763. The van der Waals surface area contributed by atoms with Crippen LogP contribution < -0.4 is 5.32 Å². The van der Waals surface area contributed by atoms with E-state index in [1.165, 1.54) is 15.8 Å². The molecular formula is C18H21F2N3O3S2. The highest BCUT2D eigenvalue weighted by molar-refractivity contribution is 7.89. The summed E-state index contributed by atoms with van der Waals surface area (Å²) in [7, 11) is -3.36. The topological polar surface area (TPSA) is 79.4 Å². The van der Waals surface area contributed by atoms with Gasteiger partial charge in [-0.3, -0.25) is 4.79 Å². The molecule has 1 fully saturated rings. The minimum atomic E-state index is -3.36. The number of nitrogens with one attached hydrogen (secondary N) is 1. The standard InChI is InChI=1S/C18H21F2N3O3S2/c1-2-9-28(25,26)23-8-4-5-12(10-23)17(24)22-18-21-15(11-27-18)16-13(19)6-3-7-14(16)20/h3,6-7,11-12H,2,4-5,8-10H2,1H3,(H,21,22,24). The molecule has 2 aromatic rings. The smallest absolute Gasteiger partial charge is 0.230 e. The van der Waals surface area contributed by atoms with Crippen molar-refractivity contribution in [3.8, 4) is 11.3 Å². The van der Waals surface area contributed by atoms with Gasteiger partial charge in [-0.25, -0.2) is 26.5 Å². The Morgan fingerprint density at radius 1 is 1.36 bits per heavy atom. The zero-order valence-electron chi connectivity index (χ0n) is 15.3. The molecule has 10 heteroatoms. The molecule has 0 aliphatic carbocycles. The molecule has 1 aliphatic rings. The van der Waals surface area contributed by atoms with Crippen LogP contribution in [0, 0.1) is 17.6 Å². The van der Waals surface area contributed by atoms with Gasteiger partial charge in [0.1, 0.15) is 11.6 Å². The highest BCUT2D eigenvalue weighted by Gasteiger charge is 2.32. The largest absolute Gasteiger partial charge is 0.302 e. The van der Waals surface area contributed by atoms with Crippen LogP contribution in [0.4, 0.5) is 13.9 Å². The minimum Gasteiger partial charge on any atom is -0.302 e. The number of piperidine rings is 1. The SMILES string of the molecule is CCCS(=O)(=O)N1CCCC(C(=O)Nc2nc(-c3c(F)cccc3F)cs2)C1. The lowest BCUT2D eigenvalue weighted by Crippen LogP contribution is -2.44. The first-order valence-corrected chi connectivity index (χ1v) is 11.5. The molecule has 1 aromatic carbocycles. The number of benzene rings is 1. The minimum absolute atomic E-state index is 0.0609. The van der Waals surface area contributed by atoms with Gasteiger partial charge in [0.15, 0.2) is 5.13 Å². The molecule has 1 aliphatic heterocycles. The fraction of sp³-hybridized carbons (Fsp3) is 0.444. The van der Waals surface area contributed by atoms with E-state index in [1.54, 1.807) is 6.92 Å². The van der Waals surface area contributed by atoms with Crippen LogP contribution in [0.25, 0.3) is 11.3 Å². The normalized spacial score (nSPS) is 18.2. The van der Waals surface area contributed by atoms with Gasteiger partial charge >= 0.3 is 0 Å². The van der Waals surface area contributed by atoms with Gasteiger partial charge in [0, 0.05) is 18.5 Å². The molecule has 1 aromatic heterocycles. The van der Waals surface area contributed by atoms with Crippen LogP contribution in [-0.4, -0.2) is 42.5 Å². The molecule has 1 saturated heterocycles. The summed E-state index contributed by atoms with van der Waals surface area (Å²) < 4.78 is 53.6. The maximum Gasteiger partial charge on any atom is 0.230 e. The number of thiazole rings is 1. The number of nitrogens with zero attached hydrogens (tertiary/aromatic N) is 2. The van der Waals surface area contributed by atoms with Gasteiger partial charge in [-0.1, -0.05) is 13.0 Å². The van der Waals surface area contributed by atoms with E-state index in [9.17, 15) is 22.0 Å². The van der Waals surface area contributed by atoms with Crippen molar-refractivity contribution in [2.75, 3.05) is 24.2 Å². The van der Waals surface area contributed by atoms with Crippen molar-refractivity contribution in [2.24, 2.45) is 5.92 Å². The summed E-state index contributed by atoms with van der Waals surface area (Å²) in [5.41, 5.74) is -0.138. The van der Waals surface area contributed by atoms with Crippen molar-refractivity contribution in [1.29, 1.82) is 0 Å². The van der Waals surface area contributed by atoms with E-state index in [0.717, 1.165) is 23.5 Å². The lowest BCUT2D eigenvalue weighted by Gasteiger charge is -2.30. The van der Waals surface area contributed by atoms with Crippen molar-refractivity contribution in [1.82, 2.24) is 9.29 Å². The van der Waals surface area contributed by atoms with Crippen LogP contribution in [0.15, 0.2) is 23.6 Å². The summed E-state index contributed by atoms with van der Waals surface area (Å²) in [6.07, 6.45) is 1.69. The third kappa shape index (κ3) is 4.56. The summed E-state index contributed by atoms with van der Waals surface area (Å²) in [6.45, 7) is 2.35. The Bertz CT molecular complexity index is 942. The monoisotopic (exact) mass is 429 g/mol. The Morgan fingerprint density at radius 3 is 2.75 bits per heavy atom. The number of aromatic nitrogens is 1. The van der Waals surface area contributed by atoms with Gasteiger partial charge in [0.2, 0.25) is 15.9 Å². The molecule has 1 N–H and O–H groups in total. The van der Waals surface area contributed by atoms with Gasteiger partial charge < -0.3 is 5.32 Å². The summed E-state index contributed by atoms with van der Waals surface area (Å²) in [5, 5.41) is 4.33. The van der Waals surface area contributed by atoms with Crippen molar-refractivity contribution < 1.29 is 22.0 Å². The fourth-order valence-corrected chi connectivity index (χ4v) is 5.48. The summed E-state index contributed by atoms with van der Waals surface area (Å²) in [6, 6.07) is 3.55. The first-order chi connectivity index (χ1) is 13.3. The summed E-state index contributed by atoms with van der Waals surface area (Å²) >= 11 is 1.06. The van der Waals surface area contributed by atoms with Gasteiger partial charge in [-0.05, 0) is 31.4 Å². The molecule has 152 valence electrons. The molecule has 6 nitrogen and oxygen atoms in total. The predicted octanol–water partition coefficient (Wildman–Crippen LogP) is 3.48. The molecule has 1 atom stereocenters. The highest BCUT2D eigenvalue weighted by atomic mass is 32.2. The van der Waals surface area contributed by atoms with E-state index in [1.807, 2.05) is 0 Å². The molecule has 0 radical (unpaired) electrons. The van der Waals surface area contributed by atoms with Crippen molar-refractivity contribution in [3.63, 3.8) is 0 Å². The molecule has 2 heterocycles. The van der Waals surface area contributed by atoms with Crippen molar-refractivity contribution in [3.05, 3.63) is 35.2 Å². The third-order valence-electron chi connectivity index (χ3n) is 4.56. The van der Waals surface area contributed by atoms with Crippen LogP contribution in [0.2, 0.25) is 0 Å². The predicted molar refractivity (Wildman–Crippen MR) is 104 cm³/mol. The Kier molecular flexibility index (Phi) is 6.41. The van der Waals surface area contributed by atoms with Gasteiger partial charge in [0.25, 0.3) is 0 Å². The summed E-state index contributed by atoms with van der Waals surface area (Å²) in [5.74, 6) is -2.23. The van der Waals surface area contributed by atoms with Crippen LogP contribution in [0.3, 0.4) is 0 Å². The number of amides is 1. The van der Waals surface area contributed by atoms with Gasteiger partial charge in [0.05, 0.1) is 22.9 Å². The Labute approximate surface area is 166 Å². The van der Waals surface area contributed by atoms with E-state index in [4.69, 9.17) is 0 Å². The molecule has 0 spiro atoms. The van der Waals surface area contributed by atoms with Gasteiger partial charge in [-0.2, -0.15) is 0 Å². The number of hydrogen-bond donors (Lipinski definition) is 1. The zero-order chi connectivity index (χ0) is 20.3. The molecular weight excluding hydrogens is 408 g/mol. The van der Waals surface area contributed by atoms with Crippen LogP contribution >= 0.6 is 11.3 Å². The van der Waals surface area contributed by atoms with E-state index in [-0.39, 0.29) is 34.6 Å². The molecule has 28 heavy (non-hydrogen) atoms. The second-order valence-electron chi connectivity index (χ2n) is 6.64. The second-order valence-corrected chi connectivity index (χ2v) is 9.58. The molecule has 3 rings (SSSR count). The van der Waals surface area contributed by atoms with Gasteiger partial charge in [-0.15, -0.1) is 11.3 Å². The maximum absolute atomic E-state index is 13.9. The van der Waals surface area contributed by atoms with Crippen molar-refractivity contribution >= 4 is 32.4 Å². The molecule has 0 bridgehead atoms. The number of sulfonamides is 1. The molecule has 1 unspecified atom stereocenters. The number of halogens is 2. The number of hydrogen-bond acceptors (Lipinski definition) is 5. The van der Waals surface area contributed by atoms with Crippen LogP contribution in [0.5, 0.6) is 0 Å². The maximum atomic E-state index is 13.9. The Hall–Kier alpha value is -1.91. The highest BCUT2D eigenvalue weighted by Crippen LogP contribution is 2.30. The Morgan fingerprint density at radius 2 is 2.07 bits per heavy atom. The fourth-order valence-electron chi connectivity index (χ4n) is 3.19. The number of rotatable bonds is 6. The first-order valence-electron chi connectivity index (χ1n) is 9.00. The average Bonchev–Trinajstić information content (AvgIpc) is 3.09. The number of anilines is 1. The average molecular weight is 430 g/mol. The van der Waals surface area contributed by atoms with Crippen LogP contribution in [0.1, 0.15) is 26.2 Å². The van der Waals surface area contributed by atoms with E-state index in [2.05, 4.69) is 10.3 Å². The molecule has 0 saturated carbocycles. The first kappa shape index (κ1) is 20.8. The third-order valence-corrected chi connectivity index (χ3v) is 7.36. The second kappa shape index (κ2) is 8.62. The van der Waals surface area contributed by atoms with Crippen LogP contribution in [-0.2, 0) is 14.8 Å². The van der Waals surface area contributed by atoms with E-state index >= 15 is 0 Å². The van der Waals surface area contributed by atoms with E-state index in [0.29, 0.717) is 25.8 Å². The Balaban J connectivity index is 1.69. The number of carbonyl (C=O) groups excluding carboxylic acids is 1. The lowest BCUT2D eigenvalue weighted by molar-refractivity contribution is -0.120. The molecule has 1 amide bonds. The summed E-state index contributed by atoms with van der Waals surface area (Å²) in [4.78, 5) is 16.7. The lowest BCUT2D eigenvalue weighted by atomic mass is 9.99.